The van der Waals surface area contributed by atoms with Crippen molar-refractivity contribution < 1.29 is 14.6 Å². The lowest BCUT2D eigenvalue weighted by atomic mass is 9.95. The number of amides is 1. The van der Waals surface area contributed by atoms with Gasteiger partial charge in [-0.2, -0.15) is 0 Å². The zero-order valence-electron chi connectivity index (χ0n) is 13.6. The fraction of sp³-hybridized carbons (Fsp3) is 0.474. The van der Waals surface area contributed by atoms with Gasteiger partial charge in [-0.15, -0.1) is 0 Å². The number of aliphatic hydroxyl groups is 1. The smallest absolute Gasteiger partial charge is 0.251 e. The Morgan fingerprint density at radius 2 is 2.00 bits per heavy atom. The SMILES string of the molecule is O=C1C(O)CCN1Cc1ccc2nc(C3CCOCC3)ccc2c1. The summed E-state index contributed by atoms with van der Waals surface area (Å²) in [6.45, 7) is 2.81. The number of benzene rings is 1. The molecule has 0 radical (unpaired) electrons. The number of likely N-dealkylation sites (tertiary alicyclic amines) is 1. The van der Waals surface area contributed by atoms with Crippen molar-refractivity contribution in [1.29, 1.82) is 0 Å². The number of nitrogens with zero attached hydrogens (tertiary/aromatic N) is 2. The van der Waals surface area contributed by atoms with Crippen molar-refractivity contribution in [1.82, 2.24) is 9.88 Å². The minimum absolute atomic E-state index is 0.164. The number of aromatic nitrogens is 1. The molecule has 1 N–H and O–H groups in total. The van der Waals surface area contributed by atoms with Gasteiger partial charge in [0, 0.05) is 43.3 Å². The maximum atomic E-state index is 11.8. The average molecular weight is 326 g/mol. The van der Waals surface area contributed by atoms with Gasteiger partial charge in [0.15, 0.2) is 0 Å². The molecule has 2 aliphatic rings. The lowest BCUT2D eigenvalue weighted by Crippen LogP contribution is -2.28. The van der Waals surface area contributed by atoms with Crippen LogP contribution >= 0.6 is 0 Å². The van der Waals surface area contributed by atoms with E-state index in [0.29, 0.717) is 25.4 Å². The monoisotopic (exact) mass is 326 g/mol. The van der Waals surface area contributed by atoms with E-state index in [-0.39, 0.29) is 5.91 Å². The van der Waals surface area contributed by atoms with Gasteiger partial charge in [-0.1, -0.05) is 12.1 Å². The molecular weight excluding hydrogens is 304 g/mol. The van der Waals surface area contributed by atoms with E-state index >= 15 is 0 Å². The summed E-state index contributed by atoms with van der Waals surface area (Å²) >= 11 is 0. The third-order valence-electron chi connectivity index (χ3n) is 5.06. The quantitative estimate of drug-likeness (QED) is 0.939. The van der Waals surface area contributed by atoms with Crippen molar-refractivity contribution >= 4 is 16.8 Å². The molecule has 2 fully saturated rings. The molecule has 1 aromatic carbocycles. The molecule has 1 amide bonds. The molecule has 2 aliphatic heterocycles. The van der Waals surface area contributed by atoms with Crippen LogP contribution < -0.4 is 0 Å². The second kappa shape index (κ2) is 6.49. The van der Waals surface area contributed by atoms with Crippen LogP contribution in [0, 0.1) is 0 Å². The molecule has 3 heterocycles. The number of carbonyl (C=O) groups excluding carboxylic acids is 1. The molecule has 4 rings (SSSR count). The lowest BCUT2D eigenvalue weighted by molar-refractivity contribution is -0.134. The van der Waals surface area contributed by atoms with Crippen molar-refractivity contribution in [2.45, 2.75) is 37.8 Å². The van der Waals surface area contributed by atoms with Gasteiger partial charge in [0.05, 0.1) is 5.52 Å². The minimum atomic E-state index is -0.825. The molecule has 2 aromatic rings. The second-order valence-electron chi connectivity index (χ2n) is 6.71. The van der Waals surface area contributed by atoms with Crippen LogP contribution in [-0.4, -0.2) is 46.8 Å². The van der Waals surface area contributed by atoms with Gasteiger partial charge in [0.2, 0.25) is 0 Å². The van der Waals surface area contributed by atoms with E-state index in [1.807, 2.05) is 12.1 Å². The van der Waals surface area contributed by atoms with E-state index in [2.05, 4.69) is 18.2 Å². The van der Waals surface area contributed by atoms with Crippen molar-refractivity contribution in [3.8, 4) is 0 Å². The van der Waals surface area contributed by atoms with Gasteiger partial charge in [-0.3, -0.25) is 9.78 Å². The summed E-state index contributed by atoms with van der Waals surface area (Å²) in [4.78, 5) is 18.4. The summed E-state index contributed by atoms with van der Waals surface area (Å²) < 4.78 is 5.43. The predicted molar refractivity (Wildman–Crippen MR) is 90.6 cm³/mol. The number of pyridine rings is 1. The predicted octanol–water partition coefficient (Wildman–Crippen LogP) is 2.22. The summed E-state index contributed by atoms with van der Waals surface area (Å²) in [5.41, 5.74) is 3.22. The van der Waals surface area contributed by atoms with E-state index in [4.69, 9.17) is 9.72 Å². The molecule has 0 spiro atoms. The Labute approximate surface area is 141 Å². The Morgan fingerprint density at radius 1 is 1.17 bits per heavy atom. The molecule has 24 heavy (non-hydrogen) atoms. The van der Waals surface area contributed by atoms with Gasteiger partial charge in [-0.25, -0.2) is 0 Å². The average Bonchev–Trinajstić information content (AvgIpc) is 2.94. The molecular formula is C19H22N2O3. The molecule has 1 atom stereocenters. The number of aliphatic hydroxyl groups excluding tert-OH is 1. The first-order chi connectivity index (χ1) is 11.7. The van der Waals surface area contributed by atoms with Gasteiger partial charge in [-0.05, 0) is 43.0 Å². The molecule has 5 nitrogen and oxygen atoms in total. The summed E-state index contributed by atoms with van der Waals surface area (Å²) in [5.74, 6) is 0.328. The second-order valence-corrected chi connectivity index (χ2v) is 6.71. The molecule has 0 bridgehead atoms. The Balaban J connectivity index is 1.54. The molecule has 2 saturated heterocycles. The van der Waals surface area contributed by atoms with Crippen LogP contribution in [0.4, 0.5) is 0 Å². The van der Waals surface area contributed by atoms with E-state index in [9.17, 15) is 9.90 Å². The first kappa shape index (κ1) is 15.5. The Hall–Kier alpha value is -1.98. The van der Waals surface area contributed by atoms with Crippen molar-refractivity contribution in [3.05, 3.63) is 41.6 Å². The highest BCUT2D eigenvalue weighted by Crippen LogP contribution is 2.27. The van der Waals surface area contributed by atoms with Crippen LogP contribution in [0.15, 0.2) is 30.3 Å². The zero-order chi connectivity index (χ0) is 16.5. The normalized spacial score (nSPS) is 22.5. The van der Waals surface area contributed by atoms with Gasteiger partial charge < -0.3 is 14.7 Å². The highest BCUT2D eigenvalue weighted by molar-refractivity contribution is 5.83. The van der Waals surface area contributed by atoms with E-state index in [1.165, 1.54) is 0 Å². The first-order valence-corrected chi connectivity index (χ1v) is 8.65. The topological polar surface area (TPSA) is 62.7 Å². The molecule has 1 unspecified atom stereocenters. The summed E-state index contributed by atoms with van der Waals surface area (Å²) in [6.07, 6.45) is 1.78. The van der Waals surface area contributed by atoms with Crippen LogP contribution in [-0.2, 0) is 16.1 Å². The Kier molecular flexibility index (Phi) is 4.21. The number of hydrogen-bond acceptors (Lipinski definition) is 4. The highest BCUT2D eigenvalue weighted by atomic mass is 16.5. The summed E-state index contributed by atoms with van der Waals surface area (Å²) in [5, 5.41) is 10.7. The van der Waals surface area contributed by atoms with Crippen LogP contribution in [0.25, 0.3) is 10.9 Å². The van der Waals surface area contributed by atoms with Crippen LogP contribution in [0.3, 0.4) is 0 Å². The van der Waals surface area contributed by atoms with E-state index in [0.717, 1.165) is 48.2 Å². The Morgan fingerprint density at radius 3 is 2.75 bits per heavy atom. The Bertz CT molecular complexity index is 755. The maximum absolute atomic E-state index is 11.8. The minimum Gasteiger partial charge on any atom is -0.383 e. The van der Waals surface area contributed by atoms with Crippen LogP contribution in [0.2, 0.25) is 0 Å². The number of fused-ring (bicyclic) bond motifs is 1. The molecule has 1 aromatic heterocycles. The van der Waals surface area contributed by atoms with Gasteiger partial charge >= 0.3 is 0 Å². The molecule has 126 valence electrons. The first-order valence-electron chi connectivity index (χ1n) is 8.65. The van der Waals surface area contributed by atoms with Gasteiger partial charge in [0.25, 0.3) is 5.91 Å². The highest BCUT2D eigenvalue weighted by Gasteiger charge is 2.29. The summed E-state index contributed by atoms with van der Waals surface area (Å²) in [7, 11) is 0. The third-order valence-corrected chi connectivity index (χ3v) is 5.06. The van der Waals surface area contributed by atoms with Gasteiger partial charge in [0.1, 0.15) is 6.10 Å². The van der Waals surface area contributed by atoms with E-state index < -0.39 is 6.10 Å². The number of rotatable bonds is 3. The van der Waals surface area contributed by atoms with Crippen molar-refractivity contribution in [2.24, 2.45) is 0 Å². The van der Waals surface area contributed by atoms with Crippen molar-refractivity contribution in [2.75, 3.05) is 19.8 Å². The number of ether oxygens (including phenoxy) is 1. The standard InChI is InChI=1S/C19H22N2O3/c22-18-5-8-21(19(18)23)12-13-1-3-17-15(11-13)2-4-16(20-17)14-6-9-24-10-7-14/h1-4,11,14,18,22H,5-10,12H2. The molecule has 0 aliphatic carbocycles. The number of carbonyl (C=O) groups is 1. The molecule has 0 saturated carbocycles. The fourth-order valence-corrected chi connectivity index (χ4v) is 3.61. The van der Waals surface area contributed by atoms with Crippen LogP contribution in [0.1, 0.15) is 36.4 Å². The molecule has 5 heteroatoms. The maximum Gasteiger partial charge on any atom is 0.251 e. The summed E-state index contributed by atoms with van der Waals surface area (Å²) in [6, 6.07) is 10.4. The van der Waals surface area contributed by atoms with Crippen LogP contribution in [0.5, 0.6) is 0 Å². The third kappa shape index (κ3) is 3.01. The largest absolute Gasteiger partial charge is 0.383 e. The zero-order valence-corrected chi connectivity index (χ0v) is 13.6. The van der Waals surface area contributed by atoms with E-state index in [1.54, 1.807) is 4.90 Å². The van der Waals surface area contributed by atoms with Crippen molar-refractivity contribution in [3.63, 3.8) is 0 Å². The number of hydrogen-bond donors (Lipinski definition) is 1. The fourth-order valence-electron chi connectivity index (χ4n) is 3.61. The lowest BCUT2D eigenvalue weighted by Gasteiger charge is -2.21.